The Balaban J connectivity index is 2.25. The van der Waals surface area contributed by atoms with Crippen molar-refractivity contribution in [3.63, 3.8) is 0 Å². The number of halogens is 1. The van der Waals surface area contributed by atoms with Gasteiger partial charge < -0.3 is 14.9 Å². The molecule has 1 amide bonds. The monoisotopic (exact) mass is 444 g/mol. The first-order valence-corrected chi connectivity index (χ1v) is 8.96. The summed E-state index contributed by atoms with van der Waals surface area (Å²) < 4.78 is 6.15. The van der Waals surface area contributed by atoms with Crippen LogP contribution < -0.4 is 5.32 Å². The molecule has 28 heavy (non-hydrogen) atoms. The fraction of sp³-hybridized carbons (Fsp3) is 0.150. The van der Waals surface area contributed by atoms with Crippen molar-refractivity contribution in [2.75, 3.05) is 5.32 Å². The van der Waals surface area contributed by atoms with Gasteiger partial charge in [0.05, 0.1) is 11.6 Å². The number of rotatable bonds is 6. The standard InChI is InChI=1S/C20H17BrN2O5/c1-12(2-9-18(25)26)19(16-10-14(21)5-8-17(16)24)28-20(27)23-15-6-3-13(11-22)4-7-15/h2-10,12,19,24H,1H3,(H,23,27)(H,25,26)/b9-2+/t12-,19-/m1/s1. The molecule has 3 N–H and O–H groups in total. The highest BCUT2D eigenvalue weighted by atomic mass is 79.9. The van der Waals surface area contributed by atoms with E-state index >= 15 is 0 Å². The van der Waals surface area contributed by atoms with Crippen molar-refractivity contribution < 1.29 is 24.5 Å². The van der Waals surface area contributed by atoms with Gasteiger partial charge in [0, 0.05) is 27.7 Å². The normalized spacial score (nSPS) is 12.8. The van der Waals surface area contributed by atoms with E-state index in [9.17, 15) is 14.7 Å². The highest BCUT2D eigenvalue weighted by Gasteiger charge is 2.25. The van der Waals surface area contributed by atoms with Gasteiger partial charge in [-0.25, -0.2) is 9.59 Å². The Morgan fingerprint density at radius 2 is 1.93 bits per heavy atom. The first-order chi connectivity index (χ1) is 13.3. The second-order valence-corrected chi connectivity index (χ2v) is 6.82. The van der Waals surface area contributed by atoms with Crippen LogP contribution in [0.15, 0.2) is 59.1 Å². The van der Waals surface area contributed by atoms with Crippen molar-refractivity contribution in [2.24, 2.45) is 5.92 Å². The Labute approximate surface area is 170 Å². The summed E-state index contributed by atoms with van der Waals surface area (Å²) >= 11 is 3.30. The number of phenolic OH excluding ortho intramolecular Hbond substituents is 1. The number of nitrogens with zero attached hydrogens (tertiary/aromatic N) is 1. The molecule has 0 saturated heterocycles. The van der Waals surface area contributed by atoms with Crippen molar-refractivity contribution in [3.05, 3.63) is 70.2 Å². The number of carboxylic acid groups (broad SMARTS) is 1. The first kappa shape index (κ1) is 21.0. The minimum atomic E-state index is -1.13. The summed E-state index contributed by atoms with van der Waals surface area (Å²) in [4.78, 5) is 23.2. The quantitative estimate of drug-likeness (QED) is 0.560. The Morgan fingerprint density at radius 1 is 1.25 bits per heavy atom. The molecule has 0 spiro atoms. The van der Waals surface area contributed by atoms with Crippen molar-refractivity contribution in [1.29, 1.82) is 5.26 Å². The second-order valence-electron chi connectivity index (χ2n) is 5.90. The number of carboxylic acids is 1. The highest BCUT2D eigenvalue weighted by Crippen LogP contribution is 2.35. The SMILES string of the molecule is C[C@H](/C=C/C(=O)O)[C@@H](OC(=O)Nc1ccc(C#N)cc1)c1cc(Br)ccc1O. The molecule has 2 atom stereocenters. The number of aromatic hydroxyl groups is 1. The summed E-state index contributed by atoms with van der Waals surface area (Å²) in [6.07, 6.45) is 0.604. The van der Waals surface area contributed by atoms with Crippen LogP contribution in [0.3, 0.4) is 0 Å². The number of ether oxygens (including phenoxy) is 1. The van der Waals surface area contributed by atoms with Crippen LogP contribution >= 0.6 is 15.9 Å². The van der Waals surface area contributed by atoms with E-state index in [-0.39, 0.29) is 5.75 Å². The molecule has 0 aliphatic rings. The number of phenols is 1. The third-order valence-electron chi connectivity index (χ3n) is 3.81. The van der Waals surface area contributed by atoms with Crippen molar-refractivity contribution in [1.82, 2.24) is 0 Å². The zero-order chi connectivity index (χ0) is 20.7. The van der Waals surface area contributed by atoms with Gasteiger partial charge in [0.15, 0.2) is 0 Å². The summed E-state index contributed by atoms with van der Waals surface area (Å²) in [6, 6.07) is 12.9. The maximum Gasteiger partial charge on any atom is 0.412 e. The fourth-order valence-corrected chi connectivity index (χ4v) is 2.81. The maximum absolute atomic E-state index is 12.4. The molecule has 0 unspecified atom stereocenters. The van der Waals surface area contributed by atoms with Crippen LogP contribution in [0.5, 0.6) is 5.75 Å². The van der Waals surface area contributed by atoms with Crippen LogP contribution in [0.25, 0.3) is 0 Å². The topological polar surface area (TPSA) is 120 Å². The van der Waals surface area contributed by atoms with Gasteiger partial charge in [-0.05, 0) is 42.5 Å². The van der Waals surface area contributed by atoms with Crippen molar-refractivity contribution >= 4 is 33.7 Å². The molecule has 0 aliphatic carbocycles. The number of carbonyl (C=O) groups is 2. The molecule has 0 saturated carbocycles. The highest BCUT2D eigenvalue weighted by molar-refractivity contribution is 9.10. The molecule has 2 rings (SSSR count). The largest absolute Gasteiger partial charge is 0.508 e. The lowest BCUT2D eigenvalue weighted by Crippen LogP contribution is -2.21. The van der Waals surface area contributed by atoms with Gasteiger partial charge in [0.2, 0.25) is 0 Å². The Morgan fingerprint density at radius 3 is 2.54 bits per heavy atom. The van der Waals surface area contributed by atoms with Gasteiger partial charge in [0.25, 0.3) is 0 Å². The molecule has 144 valence electrons. The molecular formula is C20H17BrN2O5. The number of benzene rings is 2. The number of amides is 1. The minimum absolute atomic E-state index is 0.0880. The van der Waals surface area contributed by atoms with Crippen LogP contribution in [0.2, 0.25) is 0 Å². The number of anilines is 1. The summed E-state index contributed by atoms with van der Waals surface area (Å²) in [5.41, 5.74) is 1.20. The van der Waals surface area contributed by atoms with E-state index < -0.39 is 24.1 Å². The van der Waals surface area contributed by atoms with E-state index in [0.717, 1.165) is 6.08 Å². The third-order valence-corrected chi connectivity index (χ3v) is 4.30. The molecular weight excluding hydrogens is 428 g/mol. The molecule has 2 aromatic carbocycles. The smallest absolute Gasteiger partial charge is 0.412 e. The minimum Gasteiger partial charge on any atom is -0.508 e. The van der Waals surface area contributed by atoms with E-state index in [1.807, 2.05) is 6.07 Å². The number of hydrogen-bond acceptors (Lipinski definition) is 5. The molecule has 0 fully saturated rings. The predicted octanol–water partition coefficient (Wildman–Crippen LogP) is 4.59. The van der Waals surface area contributed by atoms with E-state index in [4.69, 9.17) is 15.1 Å². The number of nitriles is 1. The number of aliphatic carboxylic acids is 1. The lowest BCUT2D eigenvalue weighted by Gasteiger charge is -2.23. The van der Waals surface area contributed by atoms with Crippen molar-refractivity contribution in [3.8, 4) is 11.8 Å². The van der Waals surface area contributed by atoms with E-state index in [1.165, 1.54) is 12.1 Å². The molecule has 2 aromatic rings. The number of nitrogens with one attached hydrogen (secondary N) is 1. The Kier molecular flexibility index (Phi) is 7.18. The van der Waals surface area contributed by atoms with Crippen LogP contribution in [0, 0.1) is 17.2 Å². The molecule has 0 bridgehead atoms. The first-order valence-electron chi connectivity index (χ1n) is 8.17. The van der Waals surface area contributed by atoms with E-state index in [0.29, 0.717) is 21.3 Å². The summed E-state index contributed by atoms with van der Waals surface area (Å²) in [5, 5.41) is 30.4. The Bertz CT molecular complexity index is 935. The van der Waals surface area contributed by atoms with Gasteiger partial charge in [0.1, 0.15) is 11.9 Å². The van der Waals surface area contributed by atoms with Crippen LogP contribution in [-0.2, 0) is 9.53 Å². The fourth-order valence-electron chi connectivity index (χ4n) is 2.43. The van der Waals surface area contributed by atoms with Gasteiger partial charge in [-0.2, -0.15) is 5.26 Å². The maximum atomic E-state index is 12.4. The Hall–Kier alpha value is -3.31. The third kappa shape index (κ3) is 5.86. The molecule has 0 heterocycles. The zero-order valence-corrected chi connectivity index (χ0v) is 16.4. The average molecular weight is 445 g/mol. The summed E-state index contributed by atoms with van der Waals surface area (Å²) in [5.74, 6) is -1.76. The van der Waals surface area contributed by atoms with Gasteiger partial charge >= 0.3 is 12.1 Å². The van der Waals surface area contributed by atoms with Gasteiger partial charge in [-0.3, -0.25) is 5.32 Å². The lowest BCUT2D eigenvalue weighted by atomic mass is 9.96. The molecule has 0 radical (unpaired) electrons. The lowest BCUT2D eigenvalue weighted by molar-refractivity contribution is -0.131. The molecule has 0 aliphatic heterocycles. The second kappa shape index (κ2) is 9.58. The average Bonchev–Trinajstić information content (AvgIpc) is 2.67. The predicted molar refractivity (Wildman–Crippen MR) is 106 cm³/mol. The molecule has 8 heteroatoms. The van der Waals surface area contributed by atoms with Crippen LogP contribution in [0.1, 0.15) is 24.2 Å². The zero-order valence-electron chi connectivity index (χ0n) is 14.8. The number of hydrogen-bond donors (Lipinski definition) is 3. The molecule has 7 nitrogen and oxygen atoms in total. The van der Waals surface area contributed by atoms with Gasteiger partial charge in [-0.1, -0.05) is 28.9 Å². The van der Waals surface area contributed by atoms with Crippen LogP contribution in [-0.4, -0.2) is 22.3 Å². The van der Waals surface area contributed by atoms with Gasteiger partial charge in [-0.15, -0.1) is 0 Å². The van der Waals surface area contributed by atoms with E-state index in [1.54, 1.807) is 43.3 Å². The number of carbonyl (C=O) groups excluding carboxylic acids is 1. The summed E-state index contributed by atoms with van der Waals surface area (Å²) in [6.45, 7) is 1.67. The molecule has 0 aromatic heterocycles. The van der Waals surface area contributed by atoms with Crippen molar-refractivity contribution in [2.45, 2.75) is 13.0 Å². The van der Waals surface area contributed by atoms with E-state index in [2.05, 4.69) is 21.2 Å². The van der Waals surface area contributed by atoms with Crippen LogP contribution in [0.4, 0.5) is 10.5 Å². The summed E-state index contributed by atoms with van der Waals surface area (Å²) in [7, 11) is 0.